The second kappa shape index (κ2) is 7.04. The topological polar surface area (TPSA) is 32.7 Å². The third-order valence-electron chi connectivity index (χ3n) is 4.57. The predicted molar refractivity (Wildman–Crippen MR) is 111 cm³/mol. The third-order valence-corrected chi connectivity index (χ3v) is 4.57. The third kappa shape index (κ3) is 3.44. The van der Waals surface area contributed by atoms with Gasteiger partial charge in [0.05, 0.1) is 5.69 Å². The standard InChI is InChI=1S/C24H20N2O/c1-17-8-12-19(13-9-17)16-22-24(27)26(21-14-10-18(2)11-15-21)23(25-22)20-6-4-3-5-7-20/h3-16H,1-2H3/b22-16+. The minimum absolute atomic E-state index is 0.113. The van der Waals surface area contributed by atoms with Gasteiger partial charge in [-0.25, -0.2) is 4.99 Å². The Kier molecular flexibility index (Phi) is 4.43. The SMILES string of the molecule is Cc1ccc(/C=C2/N=C(c3ccccc3)N(c3ccc(C)cc3)C2=O)cc1. The van der Waals surface area contributed by atoms with E-state index in [-0.39, 0.29) is 5.91 Å². The van der Waals surface area contributed by atoms with Gasteiger partial charge in [0.1, 0.15) is 11.5 Å². The van der Waals surface area contributed by atoms with Crippen molar-refractivity contribution >= 4 is 23.5 Å². The molecular formula is C24H20N2O. The minimum atomic E-state index is -0.113. The summed E-state index contributed by atoms with van der Waals surface area (Å²) in [5, 5.41) is 0. The Morgan fingerprint density at radius 3 is 2.00 bits per heavy atom. The number of amidine groups is 1. The normalized spacial score (nSPS) is 15.3. The fourth-order valence-electron chi connectivity index (χ4n) is 3.05. The summed E-state index contributed by atoms with van der Waals surface area (Å²) < 4.78 is 0. The van der Waals surface area contributed by atoms with Crippen LogP contribution >= 0.6 is 0 Å². The molecule has 0 spiro atoms. The number of carbonyl (C=O) groups is 1. The summed E-state index contributed by atoms with van der Waals surface area (Å²) in [7, 11) is 0. The Morgan fingerprint density at radius 1 is 0.778 bits per heavy atom. The van der Waals surface area contributed by atoms with Crippen molar-refractivity contribution < 1.29 is 4.79 Å². The molecule has 0 radical (unpaired) electrons. The second-order valence-corrected chi connectivity index (χ2v) is 6.72. The van der Waals surface area contributed by atoms with Crippen LogP contribution in [0.25, 0.3) is 6.08 Å². The fourth-order valence-corrected chi connectivity index (χ4v) is 3.05. The number of amides is 1. The van der Waals surface area contributed by atoms with Crippen LogP contribution < -0.4 is 4.90 Å². The van der Waals surface area contributed by atoms with E-state index in [4.69, 9.17) is 4.99 Å². The van der Waals surface area contributed by atoms with E-state index in [2.05, 4.69) is 0 Å². The zero-order chi connectivity index (χ0) is 18.8. The van der Waals surface area contributed by atoms with Crippen molar-refractivity contribution in [1.82, 2.24) is 0 Å². The van der Waals surface area contributed by atoms with Crippen molar-refractivity contribution in [3.63, 3.8) is 0 Å². The van der Waals surface area contributed by atoms with Crippen LogP contribution in [0.3, 0.4) is 0 Å². The van der Waals surface area contributed by atoms with Crippen LogP contribution in [0.5, 0.6) is 0 Å². The summed E-state index contributed by atoms with van der Waals surface area (Å²) in [6, 6.07) is 25.8. The van der Waals surface area contributed by atoms with Crippen LogP contribution in [0.15, 0.2) is 89.6 Å². The van der Waals surface area contributed by atoms with E-state index in [0.717, 1.165) is 22.4 Å². The van der Waals surface area contributed by atoms with Crippen LogP contribution in [-0.4, -0.2) is 11.7 Å². The van der Waals surface area contributed by atoms with Gasteiger partial charge in [-0.05, 0) is 37.6 Å². The van der Waals surface area contributed by atoms with E-state index < -0.39 is 0 Å². The van der Waals surface area contributed by atoms with Crippen molar-refractivity contribution in [2.45, 2.75) is 13.8 Å². The zero-order valence-electron chi connectivity index (χ0n) is 15.4. The van der Waals surface area contributed by atoms with Crippen LogP contribution in [0.2, 0.25) is 0 Å². The Balaban J connectivity index is 1.80. The maximum Gasteiger partial charge on any atom is 0.282 e. The van der Waals surface area contributed by atoms with E-state index in [1.807, 2.05) is 98.8 Å². The number of anilines is 1. The molecule has 0 N–H and O–H groups in total. The fraction of sp³-hybridized carbons (Fsp3) is 0.0833. The molecule has 0 saturated carbocycles. The molecule has 3 nitrogen and oxygen atoms in total. The Labute approximate surface area is 159 Å². The van der Waals surface area contributed by atoms with Gasteiger partial charge < -0.3 is 0 Å². The van der Waals surface area contributed by atoms with Gasteiger partial charge in [-0.2, -0.15) is 0 Å². The lowest BCUT2D eigenvalue weighted by Gasteiger charge is -2.18. The highest BCUT2D eigenvalue weighted by molar-refractivity contribution is 6.33. The molecular weight excluding hydrogens is 332 g/mol. The maximum atomic E-state index is 13.2. The summed E-state index contributed by atoms with van der Waals surface area (Å²) in [5.74, 6) is 0.543. The van der Waals surface area contributed by atoms with Crippen LogP contribution in [0.4, 0.5) is 5.69 Å². The Morgan fingerprint density at radius 2 is 1.37 bits per heavy atom. The van der Waals surface area contributed by atoms with E-state index in [1.165, 1.54) is 5.56 Å². The van der Waals surface area contributed by atoms with E-state index >= 15 is 0 Å². The number of hydrogen-bond donors (Lipinski definition) is 0. The van der Waals surface area contributed by atoms with E-state index in [0.29, 0.717) is 11.5 Å². The first-order chi connectivity index (χ1) is 13.1. The molecule has 27 heavy (non-hydrogen) atoms. The molecule has 132 valence electrons. The van der Waals surface area contributed by atoms with Crippen molar-refractivity contribution in [2.24, 2.45) is 4.99 Å². The predicted octanol–water partition coefficient (Wildman–Crippen LogP) is 5.14. The van der Waals surface area contributed by atoms with Crippen molar-refractivity contribution in [2.75, 3.05) is 4.90 Å². The molecule has 3 heteroatoms. The number of nitrogens with zero attached hydrogens (tertiary/aromatic N) is 2. The highest BCUT2D eigenvalue weighted by Crippen LogP contribution is 2.28. The van der Waals surface area contributed by atoms with Crippen LogP contribution in [0, 0.1) is 13.8 Å². The Hall–Kier alpha value is -3.46. The highest BCUT2D eigenvalue weighted by atomic mass is 16.2. The monoisotopic (exact) mass is 352 g/mol. The molecule has 4 rings (SSSR count). The smallest absolute Gasteiger partial charge is 0.266 e. The Bertz CT molecular complexity index is 1030. The second-order valence-electron chi connectivity index (χ2n) is 6.72. The van der Waals surface area contributed by atoms with Gasteiger partial charge in [0.25, 0.3) is 5.91 Å². The number of aliphatic imine (C=N–C) groups is 1. The van der Waals surface area contributed by atoms with Gasteiger partial charge in [-0.3, -0.25) is 9.69 Å². The molecule has 0 aliphatic carbocycles. The summed E-state index contributed by atoms with van der Waals surface area (Å²) in [6.45, 7) is 4.08. The van der Waals surface area contributed by atoms with E-state index in [1.54, 1.807) is 4.90 Å². The first-order valence-corrected chi connectivity index (χ1v) is 8.95. The maximum absolute atomic E-state index is 13.2. The lowest BCUT2D eigenvalue weighted by atomic mass is 10.1. The number of aryl methyl sites for hydroxylation is 2. The zero-order valence-corrected chi connectivity index (χ0v) is 15.4. The van der Waals surface area contributed by atoms with Gasteiger partial charge in [-0.15, -0.1) is 0 Å². The molecule has 0 unspecified atom stereocenters. The van der Waals surface area contributed by atoms with Gasteiger partial charge in [0, 0.05) is 5.56 Å². The number of rotatable bonds is 3. The molecule has 0 bridgehead atoms. The molecule has 1 heterocycles. The summed E-state index contributed by atoms with van der Waals surface area (Å²) in [4.78, 5) is 19.6. The van der Waals surface area contributed by atoms with Gasteiger partial charge in [-0.1, -0.05) is 77.9 Å². The molecule has 0 saturated heterocycles. The number of hydrogen-bond acceptors (Lipinski definition) is 2. The minimum Gasteiger partial charge on any atom is -0.266 e. The molecule has 0 atom stereocenters. The molecule has 0 fully saturated rings. The van der Waals surface area contributed by atoms with Gasteiger partial charge in [0.2, 0.25) is 0 Å². The summed E-state index contributed by atoms with van der Waals surface area (Å²) in [6.07, 6.45) is 1.85. The molecule has 0 aromatic heterocycles. The van der Waals surface area contributed by atoms with E-state index in [9.17, 15) is 4.79 Å². The molecule has 1 amide bonds. The summed E-state index contributed by atoms with van der Waals surface area (Å²) >= 11 is 0. The van der Waals surface area contributed by atoms with Crippen LogP contribution in [0.1, 0.15) is 22.3 Å². The van der Waals surface area contributed by atoms with Crippen LogP contribution in [-0.2, 0) is 4.79 Å². The van der Waals surface area contributed by atoms with Gasteiger partial charge >= 0.3 is 0 Å². The van der Waals surface area contributed by atoms with Crippen molar-refractivity contribution in [3.8, 4) is 0 Å². The lowest BCUT2D eigenvalue weighted by Crippen LogP contribution is -2.32. The number of benzene rings is 3. The van der Waals surface area contributed by atoms with Crippen molar-refractivity contribution in [1.29, 1.82) is 0 Å². The first kappa shape index (κ1) is 17.0. The first-order valence-electron chi connectivity index (χ1n) is 8.95. The number of carbonyl (C=O) groups excluding carboxylic acids is 1. The highest BCUT2D eigenvalue weighted by Gasteiger charge is 2.32. The largest absolute Gasteiger partial charge is 0.282 e. The molecule has 1 aliphatic heterocycles. The molecule has 3 aromatic rings. The molecule has 3 aromatic carbocycles. The lowest BCUT2D eigenvalue weighted by molar-refractivity contribution is -0.113. The quantitative estimate of drug-likeness (QED) is 0.601. The van der Waals surface area contributed by atoms with Crippen molar-refractivity contribution in [3.05, 3.63) is 107 Å². The summed E-state index contributed by atoms with van der Waals surface area (Å²) in [5.41, 5.74) is 5.48. The average Bonchev–Trinajstić information content (AvgIpc) is 3.01. The average molecular weight is 352 g/mol. The van der Waals surface area contributed by atoms with Gasteiger partial charge in [0.15, 0.2) is 0 Å². The molecule has 1 aliphatic rings.